The third-order valence-electron chi connectivity index (χ3n) is 3.96. The molecule has 7 nitrogen and oxygen atoms in total. The maximum atomic E-state index is 13.7. The maximum Gasteiger partial charge on any atom is 0.492 e. The van der Waals surface area contributed by atoms with E-state index in [-0.39, 0.29) is 21.7 Å². The Kier molecular flexibility index (Phi) is 5.02. The summed E-state index contributed by atoms with van der Waals surface area (Å²) in [5.41, 5.74) is 0.555. The molecule has 30 heavy (non-hydrogen) atoms. The van der Waals surface area contributed by atoms with Crippen LogP contribution in [0.3, 0.4) is 0 Å². The number of rotatable bonds is 4. The first kappa shape index (κ1) is 20.4. The molecule has 2 heterocycles. The Hall–Kier alpha value is -2.92. The Bertz CT molecular complexity index is 1120. The molecule has 2 aromatic carbocycles. The summed E-state index contributed by atoms with van der Waals surface area (Å²) in [6, 6.07) is 7.61. The summed E-state index contributed by atoms with van der Waals surface area (Å²) in [5, 5.41) is 4.22. The lowest BCUT2D eigenvalue weighted by Gasteiger charge is -2.29. The van der Waals surface area contributed by atoms with Crippen molar-refractivity contribution in [3.63, 3.8) is 0 Å². The van der Waals surface area contributed by atoms with Crippen molar-refractivity contribution in [2.45, 2.75) is 19.0 Å². The molecule has 1 aromatic heterocycles. The van der Waals surface area contributed by atoms with Crippen LogP contribution in [0.4, 0.5) is 23.1 Å². The number of aromatic nitrogens is 1. The number of hydrogen-bond donors (Lipinski definition) is 2. The molecular weight excluding hydrogens is 447 g/mol. The van der Waals surface area contributed by atoms with Gasteiger partial charge in [-0.15, -0.1) is 0 Å². The van der Waals surface area contributed by atoms with Crippen LogP contribution >= 0.6 is 22.9 Å². The van der Waals surface area contributed by atoms with Gasteiger partial charge in [-0.25, -0.2) is 9.78 Å². The lowest BCUT2D eigenvalue weighted by Crippen LogP contribution is -2.65. The summed E-state index contributed by atoms with van der Waals surface area (Å²) in [4.78, 5) is 16.5. The molecule has 0 fully saturated rings. The monoisotopic (exact) mass is 459 g/mol. The minimum absolute atomic E-state index is 0.0898. The van der Waals surface area contributed by atoms with Gasteiger partial charge in [0, 0.05) is 11.1 Å². The number of carbonyl (C=O) groups is 1. The predicted molar refractivity (Wildman–Crippen MR) is 104 cm³/mol. The van der Waals surface area contributed by atoms with Crippen molar-refractivity contribution >= 4 is 44.3 Å². The fourth-order valence-electron chi connectivity index (χ4n) is 2.71. The summed E-state index contributed by atoms with van der Waals surface area (Å²) in [7, 11) is 0. The highest BCUT2D eigenvalue weighted by Gasteiger charge is 2.65. The number of hydrogen-bond acceptors (Lipinski definition) is 6. The van der Waals surface area contributed by atoms with Crippen molar-refractivity contribution in [1.29, 1.82) is 0 Å². The average Bonchev–Trinajstić information content (AvgIpc) is 3.21. The van der Waals surface area contributed by atoms with E-state index in [0.717, 1.165) is 17.4 Å². The van der Waals surface area contributed by atoms with Gasteiger partial charge in [0.2, 0.25) is 0 Å². The van der Waals surface area contributed by atoms with E-state index in [0.29, 0.717) is 22.6 Å². The summed E-state index contributed by atoms with van der Waals surface area (Å²) in [6.45, 7) is 2.31. The van der Waals surface area contributed by atoms with Crippen LogP contribution in [0.1, 0.15) is 6.92 Å². The zero-order chi connectivity index (χ0) is 21.5. The number of fused-ring (bicyclic) bond motifs is 2. The third kappa shape index (κ3) is 3.77. The fourth-order valence-corrected chi connectivity index (χ4v) is 3.76. The highest BCUT2D eigenvalue weighted by Crippen LogP contribution is 2.46. The van der Waals surface area contributed by atoms with Gasteiger partial charge in [-0.3, -0.25) is 10.6 Å². The molecule has 1 unspecified atom stereocenters. The van der Waals surface area contributed by atoms with E-state index in [2.05, 4.69) is 10.3 Å². The number of nitrogens with zero attached hydrogens (tertiary/aromatic N) is 1. The summed E-state index contributed by atoms with van der Waals surface area (Å²) < 4.78 is 57.0. The molecule has 4 rings (SSSR count). The zero-order valence-corrected chi connectivity index (χ0v) is 16.7. The third-order valence-corrected chi connectivity index (χ3v) is 5.12. The molecule has 2 N–H and O–H groups in total. The van der Waals surface area contributed by atoms with Gasteiger partial charge in [0.05, 0.1) is 16.8 Å². The van der Waals surface area contributed by atoms with E-state index in [4.69, 9.17) is 25.8 Å². The van der Waals surface area contributed by atoms with Crippen LogP contribution in [0.25, 0.3) is 10.2 Å². The van der Waals surface area contributed by atoms with Gasteiger partial charge < -0.3 is 14.2 Å². The average molecular weight is 460 g/mol. The molecule has 0 spiro atoms. The van der Waals surface area contributed by atoms with Gasteiger partial charge in [-0.1, -0.05) is 22.9 Å². The normalized spacial score (nSPS) is 17.8. The van der Waals surface area contributed by atoms with Crippen molar-refractivity contribution < 1.29 is 32.2 Å². The zero-order valence-electron chi connectivity index (χ0n) is 15.2. The number of amides is 2. The number of nitrogens with one attached hydrogen (secondary N) is 2. The SMILES string of the molecule is CCOc1ccc2nc(NC(=O)NC3(C(F)(F)F)Oc4ccc(Cl)cc4O3)sc2c1. The number of alkyl halides is 3. The lowest BCUT2D eigenvalue weighted by molar-refractivity contribution is -0.317. The van der Waals surface area contributed by atoms with Crippen molar-refractivity contribution in [1.82, 2.24) is 10.3 Å². The Morgan fingerprint density at radius 1 is 1.23 bits per heavy atom. The van der Waals surface area contributed by atoms with Gasteiger partial charge in [-0.05, 0) is 37.3 Å². The molecule has 12 heteroatoms. The van der Waals surface area contributed by atoms with E-state index in [9.17, 15) is 18.0 Å². The van der Waals surface area contributed by atoms with Gasteiger partial charge in [-0.2, -0.15) is 13.2 Å². The number of ether oxygens (including phenoxy) is 3. The fraction of sp³-hybridized carbons (Fsp3) is 0.222. The molecule has 0 saturated heterocycles. The van der Waals surface area contributed by atoms with Crippen LogP contribution in [0.2, 0.25) is 5.02 Å². The van der Waals surface area contributed by atoms with Crippen LogP contribution in [-0.2, 0) is 0 Å². The maximum absolute atomic E-state index is 13.7. The molecule has 0 bridgehead atoms. The smallest absolute Gasteiger partial charge is 0.492 e. The second-order valence-corrected chi connectivity index (χ2v) is 7.54. The first-order valence-corrected chi connectivity index (χ1v) is 9.75. The summed E-state index contributed by atoms with van der Waals surface area (Å²) in [5.74, 6) is -3.24. The lowest BCUT2D eigenvalue weighted by atomic mass is 10.3. The van der Waals surface area contributed by atoms with E-state index in [1.165, 1.54) is 12.1 Å². The van der Waals surface area contributed by atoms with Crippen LogP contribution in [0.15, 0.2) is 36.4 Å². The number of thiazole rings is 1. The van der Waals surface area contributed by atoms with Gasteiger partial charge in [0.15, 0.2) is 16.6 Å². The second-order valence-electron chi connectivity index (χ2n) is 6.07. The van der Waals surface area contributed by atoms with Gasteiger partial charge in [0.25, 0.3) is 0 Å². The number of carbonyl (C=O) groups excluding carboxylic acids is 1. The van der Waals surface area contributed by atoms with Crippen molar-refractivity contribution in [3.05, 3.63) is 41.4 Å². The summed E-state index contributed by atoms with van der Waals surface area (Å²) >= 11 is 6.86. The molecule has 1 aliphatic rings. The minimum atomic E-state index is -5.09. The molecule has 158 valence electrons. The Morgan fingerprint density at radius 3 is 2.73 bits per heavy atom. The predicted octanol–water partition coefficient (Wildman–Crippen LogP) is 5.16. The van der Waals surface area contributed by atoms with E-state index in [1.807, 2.05) is 6.92 Å². The number of anilines is 1. The van der Waals surface area contributed by atoms with Crippen molar-refractivity contribution in [2.75, 3.05) is 11.9 Å². The Labute approximate surface area is 176 Å². The quantitative estimate of drug-likeness (QED) is 0.563. The first-order chi connectivity index (χ1) is 14.2. The van der Waals surface area contributed by atoms with Crippen molar-refractivity contribution in [2.24, 2.45) is 0 Å². The molecule has 3 aromatic rings. The number of halogens is 4. The number of urea groups is 1. The first-order valence-electron chi connectivity index (χ1n) is 8.56. The highest BCUT2D eigenvalue weighted by molar-refractivity contribution is 7.22. The molecular formula is C18H13ClF3N3O4S. The summed E-state index contributed by atoms with van der Waals surface area (Å²) in [6.07, 6.45) is -5.09. The molecule has 1 atom stereocenters. The van der Waals surface area contributed by atoms with E-state index < -0.39 is 18.1 Å². The molecule has 2 amide bonds. The minimum Gasteiger partial charge on any atom is -0.494 e. The van der Waals surface area contributed by atoms with Crippen molar-refractivity contribution in [3.8, 4) is 17.2 Å². The largest absolute Gasteiger partial charge is 0.494 e. The van der Waals surface area contributed by atoms with Crippen LogP contribution in [0.5, 0.6) is 17.2 Å². The Morgan fingerprint density at radius 2 is 2.00 bits per heavy atom. The molecule has 0 aliphatic carbocycles. The topological polar surface area (TPSA) is 81.7 Å². The highest BCUT2D eigenvalue weighted by atomic mass is 35.5. The van der Waals surface area contributed by atoms with Crippen LogP contribution < -0.4 is 24.8 Å². The Balaban J connectivity index is 1.54. The second kappa shape index (κ2) is 7.40. The van der Waals surface area contributed by atoms with Gasteiger partial charge in [0.1, 0.15) is 5.75 Å². The number of benzene rings is 2. The molecule has 1 aliphatic heterocycles. The molecule has 0 saturated carbocycles. The molecule has 0 radical (unpaired) electrons. The van der Waals surface area contributed by atoms with Gasteiger partial charge >= 0.3 is 18.1 Å². The van der Waals surface area contributed by atoms with Crippen LogP contribution in [-0.4, -0.2) is 29.7 Å². The van der Waals surface area contributed by atoms with E-state index in [1.54, 1.807) is 23.5 Å². The van der Waals surface area contributed by atoms with E-state index >= 15 is 0 Å². The van der Waals surface area contributed by atoms with Crippen LogP contribution in [0, 0.1) is 0 Å². The standard InChI is InChI=1S/C18H13ClF3N3O4S/c1-2-27-10-4-5-11-14(8-10)30-16(23-11)24-15(26)25-18(17(20,21)22)28-12-6-3-9(19)7-13(12)29-18/h3-8H,2H2,1H3,(H2,23,24,25,26).